The zero-order valence-corrected chi connectivity index (χ0v) is 15.7. The number of hydrogen-bond acceptors (Lipinski definition) is 4. The zero-order valence-electron chi connectivity index (χ0n) is 15.7. The van der Waals surface area contributed by atoms with Gasteiger partial charge < -0.3 is 19.6 Å². The molecule has 1 atom stereocenters. The van der Waals surface area contributed by atoms with Gasteiger partial charge in [-0.1, -0.05) is 6.07 Å². The lowest BCUT2D eigenvalue weighted by atomic mass is 9.73. The predicted molar refractivity (Wildman–Crippen MR) is 98.2 cm³/mol. The Hall–Kier alpha value is -2.08. The highest BCUT2D eigenvalue weighted by Gasteiger charge is 2.42. The van der Waals surface area contributed by atoms with Gasteiger partial charge >= 0.3 is 0 Å². The van der Waals surface area contributed by atoms with Crippen molar-refractivity contribution < 1.29 is 19.4 Å². The van der Waals surface area contributed by atoms with Crippen molar-refractivity contribution in [2.45, 2.75) is 32.6 Å². The highest BCUT2D eigenvalue weighted by Crippen LogP contribution is 2.39. The van der Waals surface area contributed by atoms with E-state index in [-0.39, 0.29) is 23.8 Å². The van der Waals surface area contributed by atoms with E-state index >= 15 is 0 Å². The molecule has 2 amide bonds. The van der Waals surface area contributed by atoms with Crippen LogP contribution in [0.1, 0.15) is 41.6 Å². The Morgan fingerprint density at radius 1 is 1.31 bits per heavy atom. The van der Waals surface area contributed by atoms with E-state index < -0.39 is 0 Å². The summed E-state index contributed by atoms with van der Waals surface area (Å²) >= 11 is 0. The van der Waals surface area contributed by atoms with E-state index in [9.17, 15) is 14.7 Å². The van der Waals surface area contributed by atoms with Crippen molar-refractivity contribution in [1.29, 1.82) is 0 Å². The molecule has 142 valence electrons. The van der Waals surface area contributed by atoms with Crippen LogP contribution in [0.3, 0.4) is 0 Å². The Kier molecular flexibility index (Phi) is 5.51. The van der Waals surface area contributed by atoms with E-state index in [0.717, 1.165) is 37.1 Å². The number of benzene rings is 1. The predicted octanol–water partition coefficient (Wildman–Crippen LogP) is 1.84. The van der Waals surface area contributed by atoms with Crippen LogP contribution in [0.4, 0.5) is 0 Å². The third-order valence-electron chi connectivity index (χ3n) is 5.80. The molecule has 26 heavy (non-hydrogen) atoms. The zero-order chi connectivity index (χ0) is 18.7. The fourth-order valence-corrected chi connectivity index (χ4v) is 4.38. The molecule has 0 aromatic heterocycles. The van der Waals surface area contributed by atoms with Gasteiger partial charge in [0, 0.05) is 49.1 Å². The highest BCUT2D eigenvalue weighted by atomic mass is 16.5. The molecule has 6 nitrogen and oxygen atoms in total. The summed E-state index contributed by atoms with van der Waals surface area (Å²) in [6.07, 6.45) is 3.27. The minimum absolute atomic E-state index is 0.0204. The molecular formula is C20H28N2O4. The molecule has 3 rings (SSSR count). The van der Waals surface area contributed by atoms with Crippen LogP contribution in [-0.4, -0.2) is 66.6 Å². The summed E-state index contributed by atoms with van der Waals surface area (Å²) in [5.74, 6) is 0.864. The first kappa shape index (κ1) is 18.7. The van der Waals surface area contributed by atoms with E-state index in [0.29, 0.717) is 31.6 Å². The number of carbonyl (C=O) groups is 2. The van der Waals surface area contributed by atoms with Crippen molar-refractivity contribution >= 4 is 11.8 Å². The molecule has 1 aromatic carbocycles. The van der Waals surface area contributed by atoms with Crippen molar-refractivity contribution in [2.24, 2.45) is 5.41 Å². The van der Waals surface area contributed by atoms with Gasteiger partial charge in [0.05, 0.1) is 13.7 Å². The molecule has 2 aliphatic rings. The molecule has 2 heterocycles. The second-order valence-corrected chi connectivity index (χ2v) is 7.50. The second-order valence-electron chi connectivity index (χ2n) is 7.50. The number of nitrogens with zero attached hydrogens (tertiary/aromatic N) is 2. The smallest absolute Gasteiger partial charge is 0.254 e. The summed E-state index contributed by atoms with van der Waals surface area (Å²) in [5, 5.41) is 9.22. The summed E-state index contributed by atoms with van der Waals surface area (Å²) in [7, 11) is 1.61. The van der Waals surface area contributed by atoms with Crippen LogP contribution in [0, 0.1) is 12.3 Å². The van der Waals surface area contributed by atoms with E-state index in [1.54, 1.807) is 12.0 Å². The maximum absolute atomic E-state index is 13.1. The lowest BCUT2D eigenvalue weighted by Gasteiger charge is -2.48. The van der Waals surface area contributed by atoms with Gasteiger partial charge in [-0.25, -0.2) is 0 Å². The number of piperidine rings is 2. The van der Waals surface area contributed by atoms with Crippen molar-refractivity contribution in [1.82, 2.24) is 9.80 Å². The number of rotatable bonds is 4. The summed E-state index contributed by atoms with van der Waals surface area (Å²) in [5.41, 5.74) is 1.49. The van der Waals surface area contributed by atoms with Gasteiger partial charge in [0.2, 0.25) is 5.91 Å². The first-order valence-corrected chi connectivity index (χ1v) is 9.31. The summed E-state index contributed by atoms with van der Waals surface area (Å²) < 4.78 is 5.35. The lowest BCUT2D eigenvalue weighted by molar-refractivity contribution is -0.139. The maximum Gasteiger partial charge on any atom is 0.254 e. The molecule has 6 heteroatoms. The topological polar surface area (TPSA) is 70.1 Å². The molecule has 0 unspecified atom stereocenters. The first-order chi connectivity index (χ1) is 12.5. The van der Waals surface area contributed by atoms with Crippen molar-refractivity contribution in [3.8, 4) is 5.75 Å². The molecule has 0 aliphatic carbocycles. The van der Waals surface area contributed by atoms with E-state index in [1.807, 2.05) is 30.0 Å². The Balaban J connectivity index is 1.78. The quantitative estimate of drug-likeness (QED) is 0.889. The number of β-amino-alcohol motifs (C(OH)–C–C–N with tert-alkyl or cyclic N) is 1. The Morgan fingerprint density at radius 3 is 2.85 bits per heavy atom. The van der Waals surface area contributed by atoms with Gasteiger partial charge in [-0.3, -0.25) is 9.59 Å². The number of ether oxygens (including phenoxy) is 1. The minimum Gasteiger partial charge on any atom is -0.496 e. The Morgan fingerprint density at radius 2 is 2.12 bits per heavy atom. The van der Waals surface area contributed by atoms with Crippen LogP contribution in [0.15, 0.2) is 18.2 Å². The van der Waals surface area contributed by atoms with Crippen LogP contribution < -0.4 is 4.74 Å². The van der Waals surface area contributed by atoms with Crippen molar-refractivity contribution in [3.05, 3.63) is 29.3 Å². The second kappa shape index (κ2) is 7.66. The number of aliphatic hydroxyl groups is 1. The van der Waals surface area contributed by atoms with Crippen LogP contribution in [-0.2, 0) is 4.79 Å². The molecule has 2 saturated heterocycles. The third kappa shape index (κ3) is 3.56. The Labute approximate surface area is 154 Å². The van der Waals surface area contributed by atoms with Crippen LogP contribution >= 0.6 is 0 Å². The molecule has 0 radical (unpaired) electrons. The maximum atomic E-state index is 13.1. The number of carbonyl (C=O) groups excluding carboxylic acids is 2. The van der Waals surface area contributed by atoms with Gasteiger partial charge in [0.25, 0.3) is 5.91 Å². The van der Waals surface area contributed by atoms with Crippen molar-refractivity contribution in [2.75, 3.05) is 39.9 Å². The standard InChI is InChI=1S/C20H28N2O4/c1-15-16(5-3-6-17(15)26-2)19(25)22-10-4-8-20(14-22)9-7-18(24)21(13-20)11-12-23/h3,5-6,23H,4,7-14H2,1-2H3/t20-/m0/s1. The van der Waals surface area contributed by atoms with Crippen LogP contribution in [0.25, 0.3) is 0 Å². The number of amides is 2. The number of hydrogen-bond donors (Lipinski definition) is 1. The van der Waals surface area contributed by atoms with Crippen molar-refractivity contribution in [3.63, 3.8) is 0 Å². The average Bonchev–Trinajstić information content (AvgIpc) is 2.65. The number of likely N-dealkylation sites (tertiary alicyclic amines) is 2. The van der Waals surface area contributed by atoms with Gasteiger partial charge in [0.1, 0.15) is 5.75 Å². The summed E-state index contributed by atoms with van der Waals surface area (Å²) in [6.45, 7) is 4.31. The highest BCUT2D eigenvalue weighted by molar-refractivity contribution is 5.96. The summed E-state index contributed by atoms with van der Waals surface area (Å²) in [6, 6.07) is 5.56. The molecule has 1 spiro atoms. The molecule has 2 aliphatic heterocycles. The fraction of sp³-hybridized carbons (Fsp3) is 0.600. The molecule has 1 aromatic rings. The first-order valence-electron chi connectivity index (χ1n) is 9.31. The van der Waals surface area contributed by atoms with Gasteiger partial charge in [-0.15, -0.1) is 0 Å². The lowest BCUT2D eigenvalue weighted by Crippen LogP contribution is -2.55. The molecular weight excluding hydrogens is 332 g/mol. The minimum atomic E-state index is -0.0518. The summed E-state index contributed by atoms with van der Waals surface area (Å²) in [4.78, 5) is 28.9. The number of aliphatic hydroxyl groups excluding tert-OH is 1. The fourth-order valence-electron chi connectivity index (χ4n) is 4.38. The van der Waals surface area contributed by atoms with E-state index in [2.05, 4.69) is 0 Å². The average molecular weight is 360 g/mol. The monoisotopic (exact) mass is 360 g/mol. The van der Waals surface area contributed by atoms with Crippen LogP contribution in [0.5, 0.6) is 5.75 Å². The van der Waals surface area contributed by atoms with Gasteiger partial charge in [0.15, 0.2) is 0 Å². The molecule has 0 saturated carbocycles. The molecule has 0 bridgehead atoms. The van der Waals surface area contributed by atoms with E-state index in [1.165, 1.54) is 0 Å². The van der Waals surface area contributed by atoms with E-state index in [4.69, 9.17) is 4.74 Å². The normalized spacial score (nSPS) is 23.4. The number of methoxy groups -OCH3 is 1. The van der Waals surface area contributed by atoms with Gasteiger partial charge in [-0.2, -0.15) is 0 Å². The molecule has 1 N–H and O–H groups in total. The van der Waals surface area contributed by atoms with Gasteiger partial charge in [-0.05, 0) is 38.3 Å². The molecule has 2 fully saturated rings. The SMILES string of the molecule is COc1cccc(C(=O)N2CCC[C@@]3(CCC(=O)N(CCO)C3)C2)c1C. The Bertz CT molecular complexity index is 690. The largest absolute Gasteiger partial charge is 0.496 e. The third-order valence-corrected chi connectivity index (χ3v) is 5.80. The van der Waals surface area contributed by atoms with Crippen LogP contribution in [0.2, 0.25) is 0 Å².